The Morgan fingerprint density at radius 3 is 2.54 bits per heavy atom. The zero-order chi connectivity index (χ0) is 19.8. The third-order valence-electron chi connectivity index (χ3n) is 4.40. The highest BCUT2D eigenvalue weighted by Crippen LogP contribution is 2.26. The Kier molecular flexibility index (Phi) is 4.65. The second kappa shape index (κ2) is 7.13. The first-order valence-electron chi connectivity index (χ1n) is 8.34. The first-order valence-corrected chi connectivity index (χ1v) is 8.71. The highest BCUT2D eigenvalue weighted by Gasteiger charge is 2.18. The number of para-hydroxylation sites is 1. The van der Waals surface area contributed by atoms with Crippen molar-refractivity contribution in [3.8, 4) is 11.3 Å². The van der Waals surface area contributed by atoms with E-state index in [1.807, 2.05) is 0 Å². The number of rotatable bonds is 3. The number of hydrogen-bond donors (Lipinski definition) is 0. The molecule has 0 unspecified atom stereocenters. The fourth-order valence-corrected chi connectivity index (χ4v) is 3.21. The Hall–Kier alpha value is -3.12. The summed E-state index contributed by atoms with van der Waals surface area (Å²) in [6.07, 6.45) is 0. The molecule has 28 heavy (non-hydrogen) atoms. The van der Waals surface area contributed by atoms with Crippen LogP contribution in [0.1, 0.15) is 5.56 Å². The monoisotopic (exact) mass is 400 g/mol. The molecule has 3 nitrogen and oxygen atoms in total. The van der Waals surface area contributed by atoms with Gasteiger partial charge in [0.05, 0.1) is 17.1 Å². The van der Waals surface area contributed by atoms with Crippen molar-refractivity contribution in [2.45, 2.75) is 6.54 Å². The maximum atomic E-state index is 14.5. The molecule has 4 rings (SSSR count). The van der Waals surface area contributed by atoms with E-state index in [0.717, 1.165) is 12.1 Å². The number of benzene rings is 3. The third kappa shape index (κ3) is 3.16. The molecule has 7 heteroatoms. The number of hydrogen-bond acceptors (Lipinski definition) is 2. The zero-order valence-corrected chi connectivity index (χ0v) is 15.1. The molecule has 0 fully saturated rings. The first kappa shape index (κ1) is 18.3. The van der Waals surface area contributed by atoms with Crippen molar-refractivity contribution < 1.29 is 13.2 Å². The molecular weight excluding hydrogens is 389 g/mol. The van der Waals surface area contributed by atoms with E-state index < -0.39 is 22.9 Å². The smallest absolute Gasteiger partial charge is 0.216 e. The molecule has 1 aromatic heterocycles. The van der Waals surface area contributed by atoms with E-state index in [0.29, 0.717) is 10.9 Å². The lowest BCUT2D eigenvalue weighted by Crippen LogP contribution is -2.18. The van der Waals surface area contributed by atoms with Crippen molar-refractivity contribution in [3.63, 3.8) is 0 Å². The topological polar surface area (TPSA) is 34.9 Å². The summed E-state index contributed by atoms with van der Waals surface area (Å²) < 4.78 is 43.2. The molecule has 140 valence electrons. The Morgan fingerprint density at radius 1 is 0.964 bits per heavy atom. The van der Waals surface area contributed by atoms with Gasteiger partial charge in [0.2, 0.25) is 5.43 Å². The Morgan fingerprint density at radius 2 is 1.75 bits per heavy atom. The van der Waals surface area contributed by atoms with Gasteiger partial charge in [-0.25, -0.2) is 13.2 Å². The number of nitrogens with zero attached hydrogens (tertiary/aromatic N) is 2. The van der Waals surface area contributed by atoms with Gasteiger partial charge in [-0.2, -0.15) is 5.10 Å². The molecule has 0 bridgehead atoms. The molecule has 0 saturated heterocycles. The lowest BCUT2D eigenvalue weighted by molar-refractivity contribution is 0.560. The van der Waals surface area contributed by atoms with Gasteiger partial charge in [-0.05, 0) is 30.3 Å². The standard InChI is InChI=1S/C21H12ClF3N2O/c22-16-6-3-5-15(19(16)25)20-21(28)14-4-1-2-7-18(14)27(26-20)11-12-8-9-13(23)10-17(12)24/h1-10H,11H2. The van der Waals surface area contributed by atoms with Gasteiger partial charge in [-0.15, -0.1) is 0 Å². The van der Waals surface area contributed by atoms with E-state index in [9.17, 15) is 18.0 Å². The Bertz CT molecular complexity index is 1270. The SMILES string of the molecule is O=c1c(-c2cccc(Cl)c2F)nn(Cc2ccc(F)cc2F)c2ccccc12. The average Bonchev–Trinajstić information content (AvgIpc) is 2.68. The van der Waals surface area contributed by atoms with Crippen LogP contribution in [-0.4, -0.2) is 9.78 Å². The lowest BCUT2D eigenvalue weighted by Gasteiger charge is -2.13. The number of halogens is 4. The van der Waals surface area contributed by atoms with Crippen LogP contribution in [0.15, 0.2) is 65.5 Å². The highest BCUT2D eigenvalue weighted by molar-refractivity contribution is 6.31. The minimum atomic E-state index is -0.761. The van der Waals surface area contributed by atoms with Crippen LogP contribution >= 0.6 is 11.6 Å². The zero-order valence-electron chi connectivity index (χ0n) is 14.3. The molecule has 1 heterocycles. The van der Waals surface area contributed by atoms with Crippen LogP contribution in [0.25, 0.3) is 22.2 Å². The Balaban J connectivity index is 1.97. The molecule has 0 radical (unpaired) electrons. The molecule has 0 saturated carbocycles. The summed E-state index contributed by atoms with van der Waals surface area (Å²) in [5, 5.41) is 4.44. The summed E-state index contributed by atoms with van der Waals surface area (Å²) in [5.74, 6) is -2.19. The quantitative estimate of drug-likeness (QED) is 0.475. The van der Waals surface area contributed by atoms with Crippen molar-refractivity contribution in [1.82, 2.24) is 9.78 Å². The van der Waals surface area contributed by atoms with Gasteiger partial charge >= 0.3 is 0 Å². The van der Waals surface area contributed by atoms with Crippen molar-refractivity contribution in [2.75, 3.05) is 0 Å². The van der Waals surface area contributed by atoms with Gasteiger partial charge in [-0.3, -0.25) is 9.48 Å². The van der Waals surface area contributed by atoms with Crippen LogP contribution in [0.4, 0.5) is 13.2 Å². The van der Waals surface area contributed by atoms with E-state index in [-0.39, 0.29) is 28.4 Å². The third-order valence-corrected chi connectivity index (χ3v) is 4.70. The molecule has 0 amide bonds. The fraction of sp³-hybridized carbons (Fsp3) is 0.0476. The summed E-state index contributed by atoms with van der Waals surface area (Å²) in [6.45, 7) is -0.0674. The summed E-state index contributed by atoms with van der Waals surface area (Å²) in [4.78, 5) is 12.9. The van der Waals surface area contributed by atoms with Crippen LogP contribution in [0.2, 0.25) is 5.02 Å². The van der Waals surface area contributed by atoms with Gasteiger partial charge in [0.25, 0.3) is 0 Å². The highest BCUT2D eigenvalue weighted by atomic mass is 35.5. The van der Waals surface area contributed by atoms with Crippen molar-refractivity contribution >= 4 is 22.5 Å². The average molecular weight is 401 g/mol. The molecular formula is C21H12ClF3N2O. The van der Waals surface area contributed by atoms with E-state index in [1.165, 1.54) is 28.9 Å². The van der Waals surface area contributed by atoms with Gasteiger partial charge in [0.1, 0.15) is 17.3 Å². The minimum absolute atomic E-state index is 0.0448. The second-order valence-corrected chi connectivity index (χ2v) is 6.60. The number of fused-ring (bicyclic) bond motifs is 1. The molecule has 0 aliphatic rings. The number of aromatic nitrogens is 2. The van der Waals surface area contributed by atoms with Crippen molar-refractivity contribution in [3.05, 3.63) is 98.9 Å². The maximum Gasteiger partial charge on any atom is 0.216 e. The van der Waals surface area contributed by atoms with Crippen molar-refractivity contribution in [2.24, 2.45) is 0 Å². The van der Waals surface area contributed by atoms with Crippen LogP contribution in [0, 0.1) is 17.5 Å². The predicted molar refractivity (Wildman–Crippen MR) is 102 cm³/mol. The van der Waals surface area contributed by atoms with Gasteiger partial charge in [-0.1, -0.05) is 35.9 Å². The van der Waals surface area contributed by atoms with E-state index in [4.69, 9.17) is 11.6 Å². The van der Waals surface area contributed by atoms with Gasteiger partial charge < -0.3 is 0 Å². The normalized spacial score (nSPS) is 11.1. The van der Waals surface area contributed by atoms with E-state index in [2.05, 4.69) is 5.10 Å². The van der Waals surface area contributed by atoms with Crippen LogP contribution in [-0.2, 0) is 6.54 Å². The molecule has 0 N–H and O–H groups in total. The Labute approximate surface area is 162 Å². The molecule has 0 spiro atoms. The summed E-state index contributed by atoms with van der Waals surface area (Å²) in [5.41, 5.74) is -0.0203. The molecule has 0 aliphatic carbocycles. The maximum absolute atomic E-state index is 14.5. The minimum Gasteiger partial charge on any atom is -0.287 e. The fourth-order valence-electron chi connectivity index (χ4n) is 3.03. The van der Waals surface area contributed by atoms with Crippen molar-refractivity contribution in [1.29, 1.82) is 0 Å². The summed E-state index contributed by atoms with van der Waals surface area (Å²) >= 11 is 5.84. The first-order chi connectivity index (χ1) is 13.5. The molecule has 3 aromatic carbocycles. The largest absolute Gasteiger partial charge is 0.287 e. The molecule has 0 aliphatic heterocycles. The summed E-state index contributed by atoms with van der Waals surface area (Å²) in [7, 11) is 0. The van der Waals surface area contributed by atoms with E-state index in [1.54, 1.807) is 24.3 Å². The van der Waals surface area contributed by atoms with Gasteiger partial charge in [0.15, 0.2) is 5.82 Å². The molecule has 4 aromatic rings. The molecule has 0 atom stereocenters. The van der Waals surface area contributed by atoms with E-state index >= 15 is 0 Å². The van der Waals surface area contributed by atoms with Crippen LogP contribution in [0.3, 0.4) is 0 Å². The van der Waals surface area contributed by atoms with Gasteiger partial charge in [0, 0.05) is 22.6 Å². The van der Waals surface area contributed by atoms with Crippen LogP contribution in [0.5, 0.6) is 0 Å². The second-order valence-electron chi connectivity index (χ2n) is 6.19. The summed E-state index contributed by atoms with van der Waals surface area (Å²) in [6, 6.07) is 14.1. The predicted octanol–water partition coefficient (Wildman–Crippen LogP) is 5.18. The van der Waals surface area contributed by atoms with Crippen LogP contribution < -0.4 is 5.43 Å². The lowest BCUT2D eigenvalue weighted by atomic mass is 10.1.